The molecular formula is C26H29F3N4O. The van der Waals surface area contributed by atoms with Crippen LogP contribution in [0, 0.1) is 11.8 Å². The number of hydrogen-bond donors (Lipinski definition) is 3. The van der Waals surface area contributed by atoms with Gasteiger partial charge in [0.2, 0.25) is 5.91 Å². The second-order valence-electron chi connectivity index (χ2n) is 8.96. The van der Waals surface area contributed by atoms with Gasteiger partial charge in [-0.2, -0.15) is 13.2 Å². The minimum Gasteiger partial charge on any atom is -0.346 e. The second-order valence-corrected chi connectivity index (χ2v) is 8.96. The normalized spacial score (nSPS) is 19.5. The number of rotatable bonds is 7. The monoisotopic (exact) mass is 470 g/mol. The van der Waals surface area contributed by atoms with E-state index in [1.165, 1.54) is 6.07 Å². The molecule has 1 aliphatic rings. The predicted molar refractivity (Wildman–Crippen MR) is 125 cm³/mol. The van der Waals surface area contributed by atoms with Crippen molar-refractivity contribution in [1.82, 2.24) is 15.3 Å². The minimum absolute atomic E-state index is 0.0925. The van der Waals surface area contributed by atoms with E-state index in [9.17, 15) is 18.0 Å². The number of H-pyrrole nitrogens is 1. The van der Waals surface area contributed by atoms with E-state index in [1.807, 2.05) is 30.3 Å². The highest BCUT2D eigenvalue weighted by molar-refractivity contribution is 5.79. The molecule has 1 atom stereocenters. The van der Waals surface area contributed by atoms with E-state index >= 15 is 0 Å². The van der Waals surface area contributed by atoms with Crippen LogP contribution >= 0.6 is 0 Å². The van der Waals surface area contributed by atoms with E-state index in [1.54, 1.807) is 12.3 Å². The zero-order valence-electron chi connectivity index (χ0n) is 18.8. The molecular weight excluding hydrogens is 441 g/mol. The summed E-state index contributed by atoms with van der Waals surface area (Å²) >= 11 is 0. The fourth-order valence-corrected chi connectivity index (χ4v) is 4.55. The first-order valence-electron chi connectivity index (χ1n) is 11.6. The van der Waals surface area contributed by atoms with Gasteiger partial charge in [0.1, 0.15) is 5.82 Å². The summed E-state index contributed by atoms with van der Waals surface area (Å²) in [7, 11) is 0. The number of benzene rings is 2. The van der Waals surface area contributed by atoms with Crippen LogP contribution < -0.4 is 11.1 Å². The maximum absolute atomic E-state index is 13.2. The lowest BCUT2D eigenvalue weighted by atomic mass is 9.81. The number of nitrogens with zero attached hydrogens (tertiary/aromatic N) is 1. The Morgan fingerprint density at radius 1 is 1.09 bits per heavy atom. The molecule has 8 heteroatoms. The third kappa shape index (κ3) is 5.86. The third-order valence-corrected chi connectivity index (χ3v) is 6.57. The van der Waals surface area contributed by atoms with Crippen molar-refractivity contribution in [2.75, 3.05) is 6.54 Å². The Bertz CT molecular complexity index is 1090. The van der Waals surface area contributed by atoms with Crippen LogP contribution in [-0.2, 0) is 17.4 Å². The fraction of sp³-hybridized carbons (Fsp3) is 0.385. The van der Waals surface area contributed by atoms with Gasteiger partial charge in [-0.3, -0.25) is 4.79 Å². The number of nitrogens with one attached hydrogen (secondary N) is 2. The summed E-state index contributed by atoms with van der Waals surface area (Å²) in [6, 6.07) is 14.2. The average molecular weight is 471 g/mol. The standard InChI is InChI=1S/C26H29F3N4O/c27-26(28,29)21-8-4-5-18(13-21)14-22(33-25(34)20-11-9-17(15-30)10-12-20)24-31-16-23(32-24)19-6-2-1-3-7-19/h1-8,13,16-17,20,22H,9-12,14-15,30H2,(H,31,32)(H,33,34)/t17?,20?,22-/m0/s1. The molecule has 5 nitrogen and oxygen atoms in total. The first-order chi connectivity index (χ1) is 16.3. The molecule has 0 spiro atoms. The molecule has 1 fully saturated rings. The van der Waals surface area contributed by atoms with Crippen molar-refractivity contribution in [3.05, 3.63) is 77.7 Å². The molecule has 1 saturated carbocycles. The SMILES string of the molecule is NCC1CCC(C(=O)N[C@@H](Cc2cccc(C(F)(F)F)c2)c2ncc(-c3ccccc3)[nH]2)CC1. The molecule has 180 valence electrons. The topological polar surface area (TPSA) is 83.8 Å². The van der Waals surface area contributed by atoms with E-state index in [2.05, 4.69) is 15.3 Å². The van der Waals surface area contributed by atoms with Gasteiger partial charge >= 0.3 is 6.18 Å². The van der Waals surface area contributed by atoms with E-state index in [0.717, 1.165) is 49.1 Å². The van der Waals surface area contributed by atoms with Crippen molar-refractivity contribution in [3.63, 3.8) is 0 Å². The molecule has 0 aliphatic heterocycles. The second kappa shape index (κ2) is 10.4. The van der Waals surface area contributed by atoms with E-state index in [-0.39, 0.29) is 18.2 Å². The largest absolute Gasteiger partial charge is 0.416 e. The van der Waals surface area contributed by atoms with Crippen LogP contribution in [-0.4, -0.2) is 22.4 Å². The first kappa shape index (κ1) is 24.0. The van der Waals surface area contributed by atoms with Crippen LogP contribution in [0.25, 0.3) is 11.3 Å². The van der Waals surface area contributed by atoms with Crippen LogP contribution in [0.15, 0.2) is 60.8 Å². The Morgan fingerprint density at radius 2 is 1.82 bits per heavy atom. The summed E-state index contributed by atoms with van der Waals surface area (Å²) < 4.78 is 39.7. The Balaban J connectivity index is 1.57. The summed E-state index contributed by atoms with van der Waals surface area (Å²) in [5, 5.41) is 3.06. The van der Waals surface area contributed by atoms with Gasteiger partial charge < -0.3 is 16.0 Å². The number of amides is 1. The molecule has 34 heavy (non-hydrogen) atoms. The van der Waals surface area contributed by atoms with Gasteiger partial charge in [0.15, 0.2) is 0 Å². The lowest BCUT2D eigenvalue weighted by Gasteiger charge is -2.28. The first-order valence-corrected chi connectivity index (χ1v) is 11.6. The Hall–Kier alpha value is -3.13. The molecule has 0 bridgehead atoms. The number of nitrogens with two attached hydrogens (primary N) is 1. The fourth-order valence-electron chi connectivity index (χ4n) is 4.55. The van der Waals surface area contributed by atoms with Gasteiger partial charge in [0, 0.05) is 5.92 Å². The molecule has 0 unspecified atom stereocenters. The minimum atomic E-state index is -4.43. The Kier molecular flexibility index (Phi) is 7.36. The average Bonchev–Trinajstić information content (AvgIpc) is 3.34. The molecule has 1 amide bonds. The summed E-state index contributed by atoms with van der Waals surface area (Å²) in [6.45, 7) is 0.626. The smallest absolute Gasteiger partial charge is 0.346 e. The van der Waals surface area contributed by atoms with Crippen LogP contribution in [0.1, 0.15) is 48.7 Å². The number of aromatic amines is 1. The zero-order chi connectivity index (χ0) is 24.1. The predicted octanol–water partition coefficient (Wildman–Crippen LogP) is 5.26. The van der Waals surface area contributed by atoms with Gasteiger partial charge in [-0.05, 0) is 61.8 Å². The van der Waals surface area contributed by atoms with Crippen LogP contribution in [0.3, 0.4) is 0 Å². The molecule has 2 aromatic carbocycles. The molecule has 1 heterocycles. The molecule has 0 saturated heterocycles. The molecule has 3 aromatic rings. The molecule has 4 rings (SSSR count). The lowest BCUT2D eigenvalue weighted by molar-refractivity contribution is -0.137. The highest BCUT2D eigenvalue weighted by atomic mass is 19.4. The summed E-state index contributed by atoms with van der Waals surface area (Å²) in [5.41, 5.74) is 7.25. The van der Waals surface area contributed by atoms with Crippen LogP contribution in [0.2, 0.25) is 0 Å². The quantitative estimate of drug-likeness (QED) is 0.440. The molecule has 0 radical (unpaired) electrons. The number of imidazole rings is 1. The van der Waals surface area contributed by atoms with Crippen molar-refractivity contribution in [2.24, 2.45) is 17.6 Å². The number of halogens is 3. The van der Waals surface area contributed by atoms with Gasteiger partial charge in [0.05, 0.1) is 23.5 Å². The van der Waals surface area contributed by atoms with Crippen molar-refractivity contribution in [3.8, 4) is 11.3 Å². The van der Waals surface area contributed by atoms with Crippen LogP contribution in [0.5, 0.6) is 0 Å². The van der Waals surface area contributed by atoms with Gasteiger partial charge in [-0.1, -0.05) is 48.5 Å². The van der Waals surface area contributed by atoms with Crippen molar-refractivity contribution in [1.29, 1.82) is 0 Å². The van der Waals surface area contributed by atoms with Gasteiger partial charge in [-0.25, -0.2) is 4.98 Å². The maximum atomic E-state index is 13.2. The van der Waals surface area contributed by atoms with E-state index in [0.29, 0.717) is 23.9 Å². The van der Waals surface area contributed by atoms with Crippen molar-refractivity contribution >= 4 is 5.91 Å². The summed E-state index contributed by atoms with van der Waals surface area (Å²) in [5.74, 6) is 0.740. The molecule has 1 aliphatic carbocycles. The van der Waals surface area contributed by atoms with Crippen molar-refractivity contribution in [2.45, 2.75) is 44.3 Å². The molecule has 4 N–H and O–H groups in total. The summed E-state index contributed by atoms with van der Waals surface area (Å²) in [6.07, 6.45) is 0.784. The lowest BCUT2D eigenvalue weighted by Crippen LogP contribution is -2.37. The number of carbonyl (C=O) groups is 1. The van der Waals surface area contributed by atoms with E-state index < -0.39 is 17.8 Å². The number of carbonyl (C=O) groups excluding carboxylic acids is 1. The van der Waals surface area contributed by atoms with Gasteiger partial charge in [-0.15, -0.1) is 0 Å². The Labute approximate surface area is 197 Å². The Morgan fingerprint density at radius 3 is 2.50 bits per heavy atom. The van der Waals surface area contributed by atoms with E-state index in [4.69, 9.17) is 5.73 Å². The highest BCUT2D eigenvalue weighted by Crippen LogP contribution is 2.32. The number of alkyl halides is 3. The third-order valence-electron chi connectivity index (χ3n) is 6.57. The highest BCUT2D eigenvalue weighted by Gasteiger charge is 2.31. The van der Waals surface area contributed by atoms with Crippen LogP contribution in [0.4, 0.5) is 13.2 Å². The van der Waals surface area contributed by atoms with Crippen molar-refractivity contribution < 1.29 is 18.0 Å². The summed E-state index contributed by atoms with van der Waals surface area (Å²) in [4.78, 5) is 20.8. The maximum Gasteiger partial charge on any atom is 0.416 e. The molecule has 1 aromatic heterocycles. The number of aromatic nitrogens is 2. The number of hydrogen-bond acceptors (Lipinski definition) is 3. The van der Waals surface area contributed by atoms with Gasteiger partial charge in [0.25, 0.3) is 0 Å². The zero-order valence-corrected chi connectivity index (χ0v) is 18.8.